The number of anilines is 2. The highest BCUT2D eigenvalue weighted by atomic mass is 16.5. The smallest absolute Gasteiger partial charge is 0.329 e. The molecule has 0 fully saturated rings. The van der Waals surface area contributed by atoms with Crippen LogP contribution in [0.25, 0.3) is 0 Å². The van der Waals surface area contributed by atoms with Crippen LogP contribution in [0.1, 0.15) is 22.3 Å². The summed E-state index contributed by atoms with van der Waals surface area (Å²) in [5.74, 6) is -0.861. The second kappa shape index (κ2) is 12.9. The van der Waals surface area contributed by atoms with E-state index in [1.807, 2.05) is 32.9 Å². The molecule has 0 saturated heterocycles. The predicted molar refractivity (Wildman–Crippen MR) is 145 cm³/mol. The van der Waals surface area contributed by atoms with Crippen LogP contribution in [-0.4, -0.2) is 44.8 Å². The molecule has 10 nitrogen and oxygen atoms in total. The summed E-state index contributed by atoms with van der Waals surface area (Å²) in [6, 6.07) is 15.5. The summed E-state index contributed by atoms with van der Waals surface area (Å²) in [5, 5.41) is 9.17. The number of carbonyl (C=O) groups is 3. The molecule has 0 saturated carbocycles. The number of amides is 3. The Morgan fingerprint density at radius 3 is 2.26 bits per heavy atom. The van der Waals surface area contributed by atoms with Crippen LogP contribution >= 0.6 is 0 Å². The summed E-state index contributed by atoms with van der Waals surface area (Å²) in [6.07, 6.45) is 1.35. The number of carbonyl (C=O) groups excluding carboxylic acids is 3. The van der Waals surface area contributed by atoms with E-state index in [4.69, 9.17) is 14.2 Å². The van der Waals surface area contributed by atoms with E-state index in [1.54, 1.807) is 42.5 Å². The van der Waals surface area contributed by atoms with Crippen molar-refractivity contribution in [1.82, 2.24) is 5.43 Å². The van der Waals surface area contributed by atoms with Crippen LogP contribution in [0.2, 0.25) is 0 Å². The number of rotatable bonds is 9. The first-order valence-corrected chi connectivity index (χ1v) is 11.7. The van der Waals surface area contributed by atoms with Gasteiger partial charge in [0.15, 0.2) is 18.1 Å². The average Bonchev–Trinajstić information content (AvgIpc) is 2.89. The highest BCUT2D eigenvalue weighted by molar-refractivity contribution is 6.39. The first-order valence-electron chi connectivity index (χ1n) is 11.7. The minimum absolute atomic E-state index is 0.213. The Labute approximate surface area is 221 Å². The maximum absolute atomic E-state index is 12.5. The summed E-state index contributed by atoms with van der Waals surface area (Å²) < 4.78 is 16.1. The van der Waals surface area contributed by atoms with Gasteiger partial charge in [-0.05, 0) is 67.8 Å². The molecule has 0 radical (unpaired) electrons. The van der Waals surface area contributed by atoms with E-state index in [0.29, 0.717) is 28.5 Å². The first kappa shape index (κ1) is 27.7. The number of benzene rings is 3. The second-order valence-electron chi connectivity index (χ2n) is 8.41. The van der Waals surface area contributed by atoms with Crippen LogP contribution in [0.15, 0.2) is 59.7 Å². The molecular weight excluding hydrogens is 488 g/mol. The third kappa shape index (κ3) is 7.57. The van der Waals surface area contributed by atoms with Crippen molar-refractivity contribution in [1.29, 1.82) is 0 Å². The van der Waals surface area contributed by atoms with Crippen molar-refractivity contribution >= 4 is 35.3 Å². The van der Waals surface area contributed by atoms with Gasteiger partial charge in [0.1, 0.15) is 5.75 Å². The standard InChI is InChI=1S/C28H30N4O6/c1-17-11-18(2)26(19(3)12-17)31-25(33)16-38-23-10-9-20(13-24(23)37-5)15-29-32-28(35)27(34)30-21-7-6-8-22(14-21)36-4/h6-15H,16H2,1-5H3,(H,30,34)(H,31,33)(H,32,35)/b29-15-. The Morgan fingerprint density at radius 1 is 0.842 bits per heavy atom. The van der Waals surface area contributed by atoms with Crippen molar-refractivity contribution < 1.29 is 28.6 Å². The molecule has 3 N–H and O–H groups in total. The number of hydrogen-bond acceptors (Lipinski definition) is 7. The normalized spacial score (nSPS) is 10.6. The lowest BCUT2D eigenvalue weighted by Crippen LogP contribution is -2.32. The van der Waals surface area contributed by atoms with Gasteiger partial charge in [0.2, 0.25) is 0 Å². The monoisotopic (exact) mass is 518 g/mol. The third-order valence-electron chi connectivity index (χ3n) is 5.40. The van der Waals surface area contributed by atoms with E-state index in [0.717, 1.165) is 22.4 Å². The lowest BCUT2D eigenvalue weighted by molar-refractivity contribution is -0.136. The third-order valence-corrected chi connectivity index (χ3v) is 5.40. The van der Waals surface area contributed by atoms with Crippen LogP contribution in [0.5, 0.6) is 17.2 Å². The molecule has 3 amide bonds. The van der Waals surface area contributed by atoms with Crippen molar-refractivity contribution in [2.75, 3.05) is 31.5 Å². The fraction of sp³-hybridized carbons (Fsp3) is 0.214. The maximum Gasteiger partial charge on any atom is 0.329 e. The van der Waals surface area contributed by atoms with Crippen LogP contribution < -0.4 is 30.3 Å². The first-order chi connectivity index (χ1) is 18.2. The van der Waals surface area contributed by atoms with Gasteiger partial charge in [0.25, 0.3) is 5.91 Å². The fourth-order valence-electron chi connectivity index (χ4n) is 3.68. The van der Waals surface area contributed by atoms with E-state index in [9.17, 15) is 14.4 Å². The number of nitrogens with zero attached hydrogens (tertiary/aromatic N) is 1. The fourth-order valence-corrected chi connectivity index (χ4v) is 3.68. The number of methoxy groups -OCH3 is 2. The Hall–Kier alpha value is -4.86. The van der Waals surface area contributed by atoms with E-state index >= 15 is 0 Å². The SMILES string of the molecule is COc1cccc(NC(=O)C(=O)N/N=C\c2ccc(OCC(=O)Nc3c(C)cc(C)cc3C)c(OC)c2)c1. The lowest BCUT2D eigenvalue weighted by Gasteiger charge is -2.14. The molecule has 0 spiro atoms. The predicted octanol–water partition coefficient (Wildman–Crippen LogP) is 3.74. The Balaban J connectivity index is 1.55. The zero-order valence-electron chi connectivity index (χ0n) is 21.9. The van der Waals surface area contributed by atoms with Gasteiger partial charge >= 0.3 is 11.8 Å². The van der Waals surface area contributed by atoms with Gasteiger partial charge in [-0.2, -0.15) is 5.10 Å². The molecule has 3 aromatic rings. The number of hydrogen-bond donors (Lipinski definition) is 3. The minimum atomic E-state index is -0.943. The quantitative estimate of drug-likeness (QED) is 0.225. The van der Waals surface area contributed by atoms with Crippen molar-refractivity contribution in [3.8, 4) is 17.2 Å². The highest BCUT2D eigenvalue weighted by Gasteiger charge is 2.14. The van der Waals surface area contributed by atoms with Crippen LogP contribution in [0.3, 0.4) is 0 Å². The number of nitrogens with one attached hydrogen (secondary N) is 3. The molecular formula is C28H30N4O6. The van der Waals surface area contributed by atoms with Gasteiger partial charge in [-0.15, -0.1) is 0 Å². The van der Waals surface area contributed by atoms with E-state index < -0.39 is 11.8 Å². The maximum atomic E-state index is 12.5. The van der Waals surface area contributed by atoms with Gasteiger partial charge in [0.05, 0.1) is 20.4 Å². The van der Waals surface area contributed by atoms with Crippen molar-refractivity contribution in [3.63, 3.8) is 0 Å². The molecule has 10 heteroatoms. The number of hydrazone groups is 1. The van der Waals surface area contributed by atoms with Gasteiger partial charge in [0, 0.05) is 17.4 Å². The van der Waals surface area contributed by atoms with Crippen molar-refractivity contribution in [2.24, 2.45) is 5.10 Å². The Kier molecular flexibility index (Phi) is 9.42. The van der Waals surface area contributed by atoms with E-state index in [-0.39, 0.29) is 12.5 Å². The van der Waals surface area contributed by atoms with Crippen LogP contribution in [-0.2, 0) is 14.4 Å². The molecule has 0 aromatic heterocycles. The molecule has 3 rings (SSSR count). The molecule has 198 valence electrons. The molecule has 0 aliphatic carbocycles. The summed E-state index contributed by atoms with van der Waals surface area (Å²) >= 11 is 0. The average molecular weight is 519 g/mol. The summed E-state index contributed by atoms with van der Waals surface area (Å²) in [4.78, 5) is 36.6. The van der Waals surface area contributed by atoms with Crippen molar-refractivity contribution in [3.05, 3.63) is 76.9 Å². The highest BCUT2D eigenvalue weighted by Crippen LogP contribution is 2.28. The minimum Gasteiger partial charge on any atom is -0.497 e. The molecule has 0 bridgehead atoms. The van der Waals surface area contributed by atoms with Gasteiger partial charge in [-0.1, -0.05) is 23.8 Å². The zero-order valence-corrected chi connectivity index (χ0v) is 21.9. The molecule has 0 atom stereocenters. The Morgan fingerprint density at radius 2 is 1.58 bits per heavy atom. The van der Waals surface area contributed by atoms with Crippen LogP contribution in [0.4, 0.5) is 11.4 Å². The lowest BCUT2D eigenvalue weighted by atomic mass is 10.1. The molecule has 0 aliphatic rings. The van der Waals surface area contributed by atoms with Gasteiger partial charge < -0.3 is 24.8 Å². The number of aryl methyl sites for hydroxylation is 3. The summed E-state index contributed by atoms with van der Waals surface area (Å²) in [7, 11) is 2.97. The van der Waals surface area contributed by atoms with E-state index in [1.165, 1.54) is 20.4 Å². The van der Waals surface area contributed by atoms with Gasteiger partial charge in [-0.3, -0.25) is 14.4 Å². The topological polar surface area (TPSA) is 127 Å². The van der Waals surface area contributed by atoms with Gasteiger partial charge in [-0.25, -0.2) is 5.43 Å². The Bertz CT molecular complexity index is 1350. The molecule has 0 heterocycles. The van der Waals surface area contributed by atoms with Crippen molar-refractivity contribution in [2.45, 2.75) is 20.8 Å². The largest absolute Gasteiger partial charge is 0.497 e. The molecule has 0 aliphatic heterocycles. The summed E-state index contributed by atoms with van der Waals surface area (Å²) in [5.41, 5.74) is 6.98. The second-order valence-corrected chi connectivity index (χ2v) is 8.41. The summed E-state index contributed by atoms with van der Waals surface area (Å²) in [6.45, 7) is 5.67. The number of ether oxygens (including phenoxy) is 3. The zero-order chi connectivity index (χ0) is 27.7. The molecule has 3 aromatic carbocycles. The van der Waals surface area contributed by atoms with E-state index in [2.05, 4.69) is 21.2 Å². The van der Waals surface area contributed by atoms with Crippen LogP contribution in [0, 0.1) is 20.8 Å². The molecule has 38 heavy (non-hydrogen) atoms. The molecule has 0 unspecified atom stereocenters.